The Morgan fingerprint density at radius 3 is 2.36 bits per heavy atom. The van der Waals surface area contributed by atoms with Crippen LogP contribution in [0.5, 0.6) is 0 Å². The Hall–Kier alpha value is -1.62. The summed E-state index contributed by atoms with van der Waals surface area (Å²) in [6.45, 7) is 0. The van der Waals surface area contributed by atoms with Crippen molar-refractivity contribution >= 4 is 11.9 Å². The van der Waals surface area contributed by atoms with Crippen molar-refractivity contribution in [3.8, 4) is 0 Å². The fourth-order valence-electron chi connectivity index (χ4n) is 1.35. The Labute approximate surface area is 80.3 Å². The first-order chi connectivity index (χ1) is 6.54. The van der Waals surface area contributed by atoms with Crippen LogP contribution in [0.3, 0.4) is 0 Å². The molecular formula is C9H8O5-2. The van der Waals surface area contributed by atoms with Crippen molar-refractivity contribution in [2.45, 2.75) is 5.60 Å². The molecule has 0 spiro atoms. The van der Waals surface area contributed by atoms with Gasteiger partial charge in [0.2, 0.25) is 0 Å². The molecule has 1 rings (SSSR count). The number of carboxylic acid groups (broad SMARTS) is 2. The maximum absolute atomic E-state index is 10.8. The highest BCUT2D eigenvalue weighted by Gasteiger charge is 2.38. The van der Waals surface area contributed by atoms with Crippen molar-refractivity contribution in [2.24, 2.45) is 5.92 Å². The van der Waals surface area contributed by atoms with Crippen LogP contribution in [0.15, 0.2) is 24.3 Å². The number of methoxy groups -OCH3 is 1. The van der Waals surface area contributed by atoms with E-state index in [1.54, 1.807) is 0 Å². The van der Waals surface area contributed by atoms with Gasteiger partial charge in [-0.1, -0.05) is 18.2 Å². The predicted molar refractivity (Wildman–Crippen MR) is 41.5 cm³/mol. The maximum Gasteiger partial charge on any atom is 0.137 e. The van der Waals surface area contributed by atoms with E-state index in [1.807, 2.05) is 0 Å². The molecule has 0 saturated carbocycles. The second-order valence-corrected chi connectivity index (χ2v) is 2.83. The molecule has 1 aliphatic carbocycles. The number of rotatable bonds is 3. The van der Waals surface area contributed by atoms with Gasteiger partial charge in [-0.15, -0.1) is 0 Å². The minimum absolute atomic E-state index is 1.11. The number of carbonyl (C=O) groups is 2. The summed E-state index contributed by atoms with van der Waals surface area (Å²) >= 11 is 0. The zero-order valence-corrected chi connectivity index (χ0v) is 7.43. The molecule has 76 valence electrons. The second-order valence-electron chi connectivity index (χ2n) is 2.83. The molecule has 0 aliphatic heterocycles. The average molecular weight is 196 g/mol. The number of ether oxygens (including phenoxy) is 1. The smallest absolute Gasteiger partial charge is 0.137 e. The van der Waals surface area contributed by atoms with Gasteiger partial charge in [-0.25, -0.2) is 0 Å². The summed E-state index contributed by atoms with van der Waals surface area (Å²) in [5, 5.41) is 21.5. The fourth-order valence-corrected chi connectivity index (χ4v) is 1.35. The minimum Gasteiger partial charge on any atom is -0.549 e. The number of aliphatic carboxylic acids is 2. The van der Waals surface area contributed by atoms with E-state index in [2.05, 4.69) is 0 Å². The quantitative estimate of drug-likeness (QED) is 0.502. The van der Waals surface area contributed by atoms with E-state index in [4.69, 9.17) is 4.74 Å². The van der Waals surface area contributed by atoms with Crippen molar-refractivity contribution in [3.63, 3.8) is 0 Å². The molecule has 0 heterocycles. The van der Waals surface area contributed by atoms with Gasteiger partial charge in [0.25, 0.3) is 0 Å². The largest absolute Gasteiger partial charge is 0.549 e. The lowest BCUT2D eigenvalue weighted by Crippen LogP contribution is -2.58. The molecular weight excluding hydrogens is 188 g/mol. The first-order valence-electron chi connectivity index (χ1n) is 3.88. The lowest BCUT2D eigenvalue weighted by molar-refractivity contribution is -0.336. The van der Waals surface area contributed by atoms with Gasteiger partial charge in [0.1, 0.15) is 5.60 Å². The third-order valence-electron chi connectivity index (χ3n) is 2.13. The molecule has 0 aromatic rings. The number of hydrogen-bond donors (Lipinski definition) is 0. The van der Waals surface area contributed by atoms with Gasteiger partial charge in [-0.3, -0.25) is 0 Å². The average Bonchev–Trinajstić information content (AvgIpc) is 2.17. The molecule has 0 fully saturated rings. The Morgan fingerprint density at radius 2 is 2.00 bits per heavy atom. The van der Waals surface area contributed by atoms with Crippen LogP contribution < -0.4 is 10.2 Å². The lowest BCUT2D eigenvalue weighted by atomic mass is 9.83. The number of carbonyl (C=O) groups excluding carboxylic acids is 2. The molecule has 2 atom stereocenters. The SMILES string of the molecule is COC1(C(=O)[O-])C=CC=CC1C(=O)[O-]. The number of allylic oxidation sites excluding steroid dienone is 2. The van der Waals surface area contributed by atoms with Gasteiger partial charge >= 0.3 is 0 Å². The highest BCUT2D eigenvalue weighted by molar-refractivity contribution is 5.88. The molecule has 5 heteroatoms. The van der Waals surface area contributed by atoms with Gasteiger partial charge in [0.05, 0.1) is 17.9 Å². The van der Waals surface area contributed by atoms with E-state index in [0.717, 1.165) is 13.2 Å². The standard InChI is InChI=1S/C9H10O5/c1-14-9(8(12)13)5-3-2-4-6(9)7(10)11/h2-6H,1H3,(H,10,11)(H,12,13)/p-2. The zero-order valence-electron chi connectivity index (χ0n) is 7.43. The topological polar surface area (TPSA) is 89.5 Å². The van der Waals surface area contributed by atoms with E-state index < -0.39 is 23.5 Å². The van der Waals surface area contributed by atoms with Crippen LogP contribution >= 0.6 is 0 Å². The van der Waals surface area contributed by atoms with Crippen molar-refractivity contribution in [1.82, 2.24) is 0 Å². The Balaban J connectivity index is 3.15. The van der Waals surface area contributed by atoms with Gasteiger partial charge in [-0.2, -0.15) is 0 Å². The van der Waals surface area contributed by atoms with E-state index in [-0.39, 0.29) is 0 Å². The third-order valence-corrected chi connectivity index (χ3v) is 2.13. The Bertz CT molecular complexity index is 317. The van der Waals surface area contributed by atoms with Crippen LogP contribution in [0.25, 0.3) is 0 Å². The van der Waals surface area contributed by atoms with Crippen molar-refractivity contribution in [3.05, 3.63) is 24.3 Å². The fraction of sp³-hybridized carbons (Fsp3) is 0.333. The normalized spacial score (nSPS) is 30.2. The van der Waals surface area contributed by atoms with E-state index in [1.165, 1.54) is 18.2 Å². The first kappa shape index (κ1) is 10.5. The van der Waals surface area contributed by atoms with Gasteiger partial charge in [0.15, 0.2) is 0 Å². The van der Waals surface area contributed by atoms with Crippen LogP contribution in [-0.4, -0.2) is 24.6 Å². The van der Waals surface area contributed by atoms with Crippen molar-refractivity contribution in [2.75, 3.05) is 7.11 Å². The Kier molecular flexibility index (Phi) is 2.71. The van der Waals surface area contributed by atoms with Crippen LogP contribution in [-0.2, 0) is 14.3 Å². The lowest BCUT2D eigenvalue weighted by Gasteiger charge is -2.38. The summed E-state index contributed by atoms with van der Waals surface area (Å²) in [5.74, 6) is -4.49. The molecule has 0 saturated heterocycles. The molecule has 5 nitrogen and oxygen atoms in total. The summed E-state index contributed by atoms with van der Waals surface area (Å²) in [6.07, 6.45) is 5.12. The predicted octanol–water partition coefficient (Wildman–Crippen LogP) is -2.39. The van der Waals surface area contributed by atoms with Crippen LogP contribution in [0.4, 0.5) is 0 Å². The molecule has 1 aliphatic rings. The Morgan fingerprint density at radius 1 is 1.36 bits per heavy atom. The summed E-state index contributed by atoms with van der Waals surface area (Å²) in [7, 11) is 1.11. The molecule has 0 amide bonds. The summed E-state index contributed by atoms with van der Waals surface area (Å²) in [5.41, 5.74) is -1.96. The first-order valence-corrected chi connectivity index (χ1v) is 3.88. The maximum atomic E-state index is 10.8. The molecule has 0 N–H and O–H groups in total. The molecule has 0 radical (unpaired) electrons. The summed E-state index contributed by atoms with van der Waals surface area (Å²) < 4.78 is 4.69. The highest BCUT2D eigenvalue weighted by Crippen LogP contribution is 2.27. The second kappa shape index (κ2) is 3.63. The molecule has 0 aromatic heterocycles. The highest BCUT2D eigenvalue weighted by atomic mass is 16.5. The summed E-state index contributed by atoms with van der Waals surface area (Å²) in [6, 6.07) is 0. The molecule has 0 aromatic carbocycles. The van der Waals surface area contributed by atoms with E-state index in [0.29, 0.717) is 0 Å². The molecule has 0 bridgehead atoms. The van der Waals surface area contributed by atoms with Crippen LogP contribution in [0.2, 0.25) is 0 Å². The number of carboxylic acids is 2. The third kappa shape index (κ3) is 1.42. The van der Waals surface area contributed by atoms with Gasteiger partial charge in [-0.05, 0) is 6.08 Å². The zero-order chi connectivity index (χ0) is 10.8. The van der Waals surface area contributed by atoms with E-state index >= 15 is 0 Å². The monoisotopic (exact) mass is 196 g/mol. The van der Waals surface area contributed by atoms with Crippen LogP contribution in [0, 0.1) is 5.92 Å². The molecule has 2 unspecified atom stereocenters. The molecule has 14 heavy (non-hydrogen) atoms. The van der Waals surface area contributed by atoms with Crippen LogP contribution in [0.1, 0.15) is 0 Å². The van der Waals surface area contributed by atoms with Crippen molar-refractivity contribution < 1.29 is 24.5 Å². The van der Waals surface area contributed by atoms with Crippen molar-refractivity contribution in [1.29, 1.82) is 0 Å². The van der Waals surface area contributed by atoms with Gasteiger partial charge < -0.3 is 24.5 Å². The summed E-state index contributed by atoms with van der Waals surface area (Å²) in [4.78, 5) is 21.5. The minimum atomic E-state index is -1.96. The number of hydrogen-bond acceptors (Lipinski definition) is 5. The van der Waals surface area contributed by atoms with E-state index in [9.17, 15) is 19.8 Å². The van der Waals surface area contributed by atoms with Gasteiger partial charge in [0, 0.05) is 7.11 Å².